The number of hydrogen-bond donors (Lipinski definition) is 1. The van der Waals surface area contributed by atoms with Crippen LogP contribution in [-0.4, -0.2) is 15.4 Å². The van der Waals surface area contributed by atoms with Crippen molar-refractivity contribution in [3.63, 3.8) is 0 Å². The molecule has 124 valence electrons. The van der Waals surface area contributed by atoms with Crippen molar-refractivity contribution in [2.75, 3.05) is 5.32 Å². The number of rotatable bonds is 3. The molecule has 0 spiro atoms. The van der Waals surface area contributed by atoms with E-state index >= 15 is 0 Å². The largest absolute Gasteiger partial charge is 0.367 e. The summed E-state index contributed by atoms with van der Waals surface area (Å²) >= 11 is 6.23. The van der Waals surface area contributed by atoms with Crippen molar-refractivity contribution in [2.45, 2.75) is 45.1 Å². The van der Waals surface area contributed by atoms with E-state index < -0.39 is 0 Å². The molecule has 0 radical (unpaired) electrons. The number of anilines is 1. The van der Waals surface area contributed by atoms with Crippen molar-refractivity contribution in [1.29, 1.82) is 0 Å². The third-order valence-corrected chi connectivity index (χ3v) is 5.08. The van der Waals surface area contributed by atoms with Crippen molar-refractivity contribution in [1.82, 2.24) is 9.38 Å². The summed E-state index contributed by atoms with van der Waals surface area (Å²) in [5.41, 5.74) is 4.32. The fraction of sp³-hybridized carbons (Fsp3) is 0.350. The Kier molecular flexibility index (Phi) is 4.19. The Labute approximate surface area is 147 Å². The molecule has 1 fully saturated rings. The normalized spacial score (nSPS) is 15.8. The van der Waals surface area contributed by atoms with Crippen LogP contribution in [-0.2, 0) is 0 Å². The zero-order chi connectivity index (χ0) is 16.5. The fourth-order valence-electron chi connectivity index (χ4n) is 3.51. The first-order chi connectivity index (χ1) is 11.7. The third kappa shape index (κ3) is 3.01. The van der Waals surface area contributed by atoms with E-state index in [4.69, 9.17) is 16.6 Å². The number of imidazole rings is 1. The molecule has 24 heavy (non-hydrogen) atoms. The van der Waals surface area contributed by atoms with E-state index in [-0.39, 0.29) is 0 Å². The SMILES string of the molecule is Cc1ccc(-c2nc3ccc(Cl)cn3c2NC2CCCCC2)cc1. The van der Waals surface area contributed by atoms with Crippen LogP contribution in [0.4, 0.5) is 5.82 Å². The number of halogens is 1. The number of hydrogen-bond acceptors (Lipinski definition) is 2. The topological polar surface area (TPSA) is 29.3 Å². The predicted octanol–water partition coefficient (Wildman–Crippen LogP) is 5.71. The zero-order valence-electron chi connectivity index (χ0n) is 13.9. The van der Waals surface area contributed by atoms with Crippen molar-refractivity contribution in [3.8, 4) is 11.3 Å². The number of nitrogens with zero attached hydrogens (tertiary/aromatic N) is 2. The first kappa shape index (κ1) is 15.5. The molecule has 0 unspecified atom stereocenters. The van der Waals surface area contributed by atoms with Crippen LogP contribution in [0.3, 0.4) is 0 Å². The second-order valence-electron chi connectivity index (χ2n) is 6.73. The molecule has 0 bridgehead atoms. The van der Waals surface area contributed by atoms with Gasteiger partial charge in [0.15, 0.2) is 0 Å². The van der Waals surface area contributed by atoms with Gasteiger partial charge in [-0.3, -0.25) is 4.40 Å². The number of aryl methyl sites for hydroxylation is 1. The molecule has 1 aromatic carbocycles. The minimum absolute atomic E-state index is 0.516. The van der Waals surface area contributed by atoms with E-state index in [1.54, 1.807) is 0 Å². The highest BCUT2D eigenvalue weighted by molar-refractivity contribution is 6.30. The Morgan fingerprint density at radius 3 is 2.54 bits per heavy atom. The minimum Gasteiger partial charge on any atom is -0.367 e. The van der Waals surface area contributed by atoms with Gasteiger partial charge in [0.1, 0.15) is 17.2 Å². The summed E-state index contributed by atoms with van der Waals surface area (Å²) in [4.78, 5) is 4.86. The molecular weight excluding hydrogens is 318 g/mol. The molecule has 0 amide bonds. The Morgan fingerprint density at radius 2 is 1.79 bits per heavy atom. The molecule has 1 aliphatic rings. The number of nitrogens with one attached hydrogen (secondary N) is 1. The molecule has 1 aliphatic carbocycles. The van der Waals surface area contributed by atoms with Crippen LogP contribution in [0.25, 0.3) is 16.9 Å². The van der Waals surface area contributed by atoms with E-state index in [2.05, 4.69) is 40.9 Å². The molecule has 0 atom stereocenters. The van der Waals surface area contributed by atoms with Crippen LogP contribution in [0, 0.1) is 6.92 Å². The van der Waals surface area contributed by atoms with Gasteiger partial charge < -0.3 is 5.32 Å². The van der Waals surface area contributed by atoms with Gasteiger partial charge in [0, 0.05) is 17.8 Å². The summed E-state index contributed by atoms with van der Waals surface area (Å²) < 4.78 is 2.09. The molecule has 4 rings (SSSR count). The van der Waals surface area contributed by atoms with E-state index in [0.717, 1.165) is 27.7 Å². The van der Waals surface area contributed by atoms with Crippen molar-refractivity contribution >= 4 is 23.1 Å². The predicted molar refractivity (Wildman–Crippen MR) is 101 cm³/mol. The van der Waals surface area contributed by atoms with Gasteiger partial charge in [0.25, 0.3) is 0 Å². The monoisotopic (exact) mass is 339 g/mol. The summed E-state index contributed by atoms with van der Waals surface area (Å²) in [6.07, 6.45) is 8.35. The van der Waals surface area contributed by atoms with Gasteiger partial charge in [0.05, 0.1) is 5.02 Å². The summed E-state index contributed by atoms with van der Waals surface area (Å²) in [6.45, 7) is 2.11. The highest BCUT2D eigenvalue weighted by Crippen LogP contribution is 2.32. The average molecular weight is 340 g/mol. The molecule has 2 aromatic heterocycles. The number of aromatic nitrogens is 2. The van der Waals surface area contributed by atoms with E-state index in [0.29, 0.717) is 6.04 Å². The second-order valence-corrected chi connectivity index (χ2v) is 7.17. The molecule has 4 heteroatoms. The number of benzene rings is 1. The molecular formula is C20H22ClN3. The first-order valence-electron chi connectivity index (χ1n) is 8.72. The maximum atomic E-state index is 6.23. The van der Waals surface area contributed by atoms with Crippen molar-refractivity contribution in [3.05, 3.63) is 53.2 Å². The quantitative estimate of drug-likeness (QED) is 0.662. The maximum absolute atomic E-state index is 6.23. The van der Waals surface area contributed by atoms with Crippen LogP contribution in [0.1, 0.15) is 37.7 Å². The average Bonchev–Trinajstić information content (AvgIpc) is 2.94. The molecule has 0 aliphatic heterocycles. The maximum Gasteiger partial charge on any atom is 0.139 e. The second kappa shape index (κ2) is 6.48. The van der Waals surface area contributed by atoms with Gasteiger partial charge in [-0.15, -0.1) is 0 Å². The molecule has 3 nitrogen and oxygen atoms in total. The van der Waals surface area contributed by atoms with Gasteiger partial charge in [-0.05, 0) is 31.9 Å². The van der Waals surface area contributed by atoms with Crippen LogP contribution in [0.2, 0.25) is 5.02 Å². The Bertz CT molecular complexity index is 845. The summed E-state index contributed by atoms with van der Waals surface area (Å²) in [6, 6.07) is 12.9. The highest BCUT2D eigenvalue weighted by atomic mass is 35.5. The number of pyridine rings is 1. The van der Waals surface area contributed by atoms with Gasteiger partial charge in [0.2, 0.25) is 0 Å². The summed E-state index contributed by atoms with van der Waals surface area (Å²) in [5.74, 6) is 1.06. The standard InChI is InChI=1S/C20H22ClN3/c1-14-7-9-15(10-8-14)19-20(22-17-5-3-2-4-6-17)24-13-16(21)11-12-18(24)23-19/h7-13,17,22H,2-6H2,1H3. The van der Waals surface area contributed by atoms with Crippen LogP contribution >= 0.6 is 11.6 Å². The lowest BCUT2D eigenvalue weighted by Gasteiger charge is -2.24. The van der Waals surface area contributed by atoms with E-state index in [9.17, 15) is 0 Å². The van der Waals surface area contributed by atoms with Gasteiger partial charge in [-0.25, -0.2) is 4.98 Å². The highest BCUT2D eigenvalue weighted by Gasteiger charge is 2.19. The smallest absolute Gasteiger partial charge is 0.139 e. The molecule has 1 N–H and O–H groups in total. The summed E-state index contributed by atoms with van der Waals surface area (Å²) in [5, 5.41) is 4.48. The van der Waals surface area contributed by atoms with Gasteiger partial charge in [-0.2, -0.15) is 0 Å². The number of fused-ring (bicyclic) bond motifs is 1. The Balaban J connectivity index is 1.81. The molecule has 1 saturated carbocycles. The van der Waals surface area contributed by atoms with Gasteiger partial charge in [-0.1, -0.05) is 60.7 Å². The minimum atomic E-state index is 0.516. The van der Waals surface area contributed by atoms with E-state index in [1.807, 2.05) is 18.3 Å². The lowest BCUT2D eigenvalue weighted by molar-refractivity contribution is 0.462. The first-order valence-corrected chi connectivity index (χ1v) is 9.10. The lowest BCUT2D eigenvalue weighted by atomic mass is 9.95. The van der Waals surface area contributed by atoms with E-state index in [1.165, 1.54) is 37.7 Å². The fourth-order valence-corrected chi connectivity index (χ4v) is 3.67. The molecule has 3 aromatic rings. The third-order valence-electron chi connectivity index (χ3n) is 4.85. The van der Waals surface area contributed by atoms with Gasteiger partial charge >= 0.3 is 0 Å². The molecule has 0 saturated heterocycles. The zero-order valence-corrected chi connectivity index (χ0v) is 14.7. The van der Waals surface area contributed by atoms with Crippen molar-refractivity contribution < 1.29 is 0 Å². The van der Waals surface area contributed by atoms with Crippen molar-refractivity contribution in [2.24, 2.45) is 0 Å². The van der Waals surface area contributed by atoms with Crippen LogP contribution in [0.5, 0.6) is 0 Å². The van der Waals surface area contributed by atoms with Crippen LogP contribution in [0.15, 0.2) is 42.6 Å². The lowest BCUT2D eigenvalue weighted by Crippen LogP contribution is -2.23. The van der Waals surface area contributed by atoms with Crippen LogP contribution < -0.4 is 5.32 Å². The molecule has 2 heterocycles. The summed E-state index contributed by atoms with van der Waals surface area (Å²) in [7, 11) is 0. The Morgan fingerprint density at radius 1 is 1.04 bits per heavy atom. The Hall–Kier alpha value is -2.00.